The first kappa shape index (κ1) is 14.8. The van der Waals surface area contributed by atoms with Crippen LogP contribution in [0.5, 0.6) is 5.75 Å². The van der Waals surface area contributed by atoms with Crippen molar-refractivity contribution in [2.75, 3.05) is 7.11 Å². The number of ether oxygens (including phenoxy) is 1. The minimum absolute atomic E-state index is 0.00537. The zero-order valence-corrected chi connectivity index (χ0v) is 12.2. The summed E-state index contributed by atoms with van der Waals surface area (Å²) in [6.45, 7) is 3.83. The molecule has 0 fully saturated rings. The van der Waals surface area contributed by atoms with Gasteiger partial charge in [0, 0.05) is 16.6 Å². The van der Waals surface area contributed by atoms with Crippen molar-refractivity contribution >= 4 is 11.6 Å². The van der Waals surface area contributed by atoms with Gasteiger partial charge in [0.2, 0.25) is 0 Å². The lowest BCUT2D eigenvalue weighted by atomic mass is 10.0. The van der Waals surface area contributed by atoms with Gasteiger partial charge in [0.05, 0.1) is 13.3 Å². The van der Waals surface area contributed by atoms with Crippen molar-refractivity contribution in [3.63, 3.8) is 0 Å². The van der Waals surface area contributed by atoms with Crippen LogP contribution in [0.15, 0.2) is 24.4 Å². The molecular formula is C14H16ClFN2O2. The molecule has 2 aromatic rings. The van der Waals surface area contributed by atoms with Crippen LogP contribution < -0.4 is 4.74 Å². The maximum Gasteiger partial charge on any atom is 0.163 e. The van der Waals surface area contributed by atoms with E-state index in [1.165, 1.54) is 31.5 Å². The Balaban J connectivity index is 2.55. The third-order valence-electron chi connectivity index (χ3n) is 3.02. The van der Waals surface area contributed by atoms with Crippen LogP contribution in [0.4, 0.5) is 4.39 Å². The first-order chi connectivity index (χ1) is 9.45. The number of hydrogen-bond donors (Lipinski definition) is 1. The van der Waals surface area contributed by atoms with E-state index in [9.17, 15) is 9.50 Å². The molecular weight excluding hydrogens is 283 g/mol. The summed E-state index contributed by atoms with van der Waals surface area (Å²) in [5, 5.41) is 15.0. The van der Waals surface area contributed by atoms with E-state index in [1.54, 1.807) is 4.68 Å². The van der Waals surface area contributed by atoms with E-state index in [0.717, 1.165) is 0 Å². The molecule has 1 aromatic heterocycles. The first-order valence-corrected chi connectivity index (χ1v) is 6.58. The Labute approximate surface area is 121 Å². The lowest BCUT2D eigenvalue weighted by Gasteiger charge is -2.18. The monoisotopic (exact) mass is 298 g/mol. The van der Waals surface area contributed by atoms with E-state index >= 15 is 0 Å². The molecule has 0 saturated heterocycles. The zero-order chi connectivity index (χ0) is 14.9. The molecule has 0 radical (unpaired) electrons. The maximum atomic E-state index is 13.9. The van der Waals surface area contributed by atoms with E-state index in [2.05, 4.69) is 5.10 Å². The van der Waals surface area contributed by atoms with Crippen LogP contribution in [-0.2, 0) is 0 Å². The highest BCUT2D eigenvalue weighted by Crippen LogP contribution is 2.33. The van der Waals surface area contributed by atoms with Crippen LogP contribution in [0.1, 0.15) is 37.3 Å². The predicted octanol–water partition coefficient (Wildman–Crippen LogP) is 3.35. The fourth-order valence-corrected chi connectivity index (χ4v) is 2.24. The third kappa shape index (κ3) is 2.64. The average Bonchev–Trinajstić information content (AvgIpc) is 2.84. The van der Waals surface area contributed by atoms with Gasteiger partial charge in [-0.25, -0.2) is 4.39 Å². The van der Waals surface area contributed by atoms with Crippen LogP contribution in [0.2, 0.25) is 5.02 Å². The van der Waals surface area contributed by atoms with E-state index in [-0.39, 0.29) is 11.6 Å². The number of aliphatic hydroxyl groups excluding tert-OH is 1. The smallest absolute Gasteiger partial charge is 0.163 e. The summed E-state index contributed by atoms with van der Waals surface area (Å²) in [7, 11) is 1.48. The standard InChI is InChI=1S/C14H16ClFN2O2/c1-8(2)18-13(12(20-3)7-17-18)14(19)10-6-9(15)4-5-11(10)16/h4-8,14,19H,1-3H3. The van der Waals surface area contributed by atoms with Gasteiger partial charge in [-0.3, -0.25) is 4.68 Å². The van der Waals surface area contributed by atoms with E-state index in [0.29, 0.717) is 16.5 Å². The quantitative estimate of drug-likeness (QED) is 0.941. The van der Waals surface area contributed by atoms with Crippen LogP contribution in [-0.4, -0.2) is 22.0 Å². The number of aliphatic hydroxyl groups is 1. The summed E-state index contributed by atoms with van der Waals surface area (Å²) in [5.41, 5.74) is 0.502. The average molecular weight is 299 g/mol. The molecule has 1 atom stereocenters. The van der Waals surface area contributed by atoms with Crippen LogP contribution in [0, 0.1) is 5.82 Å². The summed E-state index contributed by atoms with van der Waals surface area (Å²) in [6.07, 6.45) is 0.301. The van der Waals surface area contributed by atoms with Crippen molar-refractivity contribution in [2.45, 2.75) is 26.0 Å². The van der Waals surface area contributed by atoms with Gasteiger partial charge in [0.15, 0.2) is 5.75 Å². The van der Waals surface area contributed by atoms with Crippen molar-refractivity contribution in [3.05, 3.63) is 46.5 Å². The van der Waals surface area contributed by atoms with Crippen molar-refractivity contribution in [1.29, 1.82) is 0 Å². The van der Waals surface area contributed by atoms with Gasteiger partial charge in [-0.1, -0.05) is 11.6 Å². The molecule has 0 bridgehead atoms. The van der Waals surface area contributed by atoms with E-state index in [4.69, 9.17) is 16.3 Å². The van der Waals surface area contributed by atoms with Crippen LogP contribution in [0.25, 0.3) is 0 Å². The molecule has 4 nitrogen and oxygen atoms in total. The lowest BCUT2D eigenvalue weighted by Crippen LogP contribution is -2.14. The summed E-state index contributed by atoms with van der Waals surface area (Å²) < 4.78 is 20.7. The van der Waals surface area contributed by atoms with E-state index < -0.39 is 11.9 Å². The number of hydrogen-bond acceptors (Lipinski definition) is 3. The molecule has 1 unspecified atom stereocenters. The van der Waals surface area contributed by atoms with Crippen LogP contribution in [0.3, 0.4) is 0 Å². The maximum absolute atomic E-state index is 13.9. The number of methoxy groups -OCH3 is 1. The molecule has 0 spiro atoms. The molecule has 2 rings (SSSR count). The Morgan fingerprint density at radius 2 is 2.10 bits per heavy atom. The van der Waals surface area contributed by atoms with Crippen molar-refractivity contribution < 1.29 is 14.2 Å². The van der Waals surface area contributed by atoms with Gasteiger partial charge in [0.1, 0.15) is 17.6 Å². The Bertz CT molecular complexity index is 613. The summed E-state index contributed by atoms with van der Waals surface area (Å²) in [4.78, 5) is 0. The molecule has 1 N–H and O–H groups in total. The fraction of sp³-hybridized carbons (Fsp3) is 0.357. The summed E-state index contributed by atoms with van der Waals surface area (Å²) in [6, 6.07) is 4.07. The number of benzene rings is 1. The number of rotatable bonds is 4. The second-order valence-corrected chi connectivity index (χ2v) is 5.14. The molecule has 0 aliphatic rings. The number of halogens is 2. The molecule has 6 heteroatoms. The highest BCUT2D eigenvalue weighted by atomic mass is 35.5. The van der Waals surface area contributed by atoms with Crippen molar-refractivity contribution in [3.8, 4) is 5.75 Å². The topological polar surface area (TPSA) is 47.3 Å². The highest BCUT2D eigenvalue weighted by Gasteiger charge is 2.25. The first-order valence-electron chi connectivity index (χ1n) is 6.20. The normalized spacial score (nSPS) is 12.8. The molecule has 0 amide bonds. The SMILES string of the molecule is COc1cnn(C(C)C)c1C(O)c1cc(Cl)ccc1F. The molecule has 1 aromatic carbocycles. The van der Waals surface area contributed by atoms with Gasteiger partial charge in [-0.2, -0.15) is 5.10 Å². The molecule has 0 saturated carbocycles. The molecule has 0 aliphatic heterocycles. The zero-order valence-electron chi connectivity index (χ0n) is 11.5. The minimum Gasteiger partial charge on any atom is -0.493 e. The largest absolute Gasteiger partial charge is 0.493 e. The number of aromatic nitrogens is 2. The van der Waals surface area contributed by atoms with Crippen LogP contribution >= 0.6 is 11.6 Å². The van der Waals surface area contributed by atoms with Gasteiger partial charge in [-0.15, -0.1) is 0 Å². The summed E-state index contributed by atoms with van der Waals surface area (Å²) >= 11 is 5.87. The molecule has 0 aliphatic carbocycles. The molecule has 20 heavy (non-hydrogen) atoms. The fourth-order valence-electron chi connectivity index (χ4n) is 2.06. The predicted molar refractivity (Wildman–Crippen MR) is 74.6 cm³/mol. The van der Waals surface area contributed by atoms with Gasteiger partial charge in [-0.05, 0) is 32.0 Å². The van der Waals surface area contributed by atoms with Gasteiger partial charge in [0.25, 0.3) is 0 Å². The molecule has 1 heterocycles. The Kier molecular flexibility index (Phi) is 4.30. The Morgan fingerprint density at radius 1 is 1.40 bits per heavy atom. The van der Waals surface area contributed by atoms with Crippen molar-refractivity contribution in [1.82, 2.24) is 9.78 Å². The van der Waals surface area contributed by atoms with E-state index in [1.807, 2.05) is 13.8 Å². The minimum atomic E-state index is -1.20. The second kappa shape index (κ2) is 5.81. The second-order valence-electron chi connectivity index (χ2n) is 4.70. The summed E-state index contributed by atoms with van der Waals surface area (Å²) in [5.74, 6) is -0.119. The Hall–Kier alpha value is -1.59. The third-order valence-corrected chi connectivity index (χ3v) is 3.25. The van der Waals surface area contributed by atoms with Gasteiger partial charge < -0.3 is 9.84 Å². The highest BCUT2D eigenvalue weighted by molar-refractivity contribution is 6.30. The Morgan fingerprint density at radius 3 is 2.70 bits per heavy atom. The number of nitrogens with zero attached hydrogens (tertiary/aromatic N) is 2. The van der Waals surface area contributed by atoms with Gasteiger partial charge >= 0.3 is 0 Å². The molecule has 108 valence electrons. The van der Waals surface area contributed by atoms with Crippen molar-refractivity contribution in [2.24, 2.45) is 0 Å². The lowest BCUT2D eigenvalue weighted by molar-refractivity contribution is 0.195.